The van der Waals surface area contributed by atoms with Crippen molar-refractivity contribution in [2.75, 3.05) is 13.1 Å². The summed E-state index contributed by atoms with van der Waals surface area (Å²) in [6.45, 7) is 6.79. The van der Waals surface area contributed by atoms with Crippen LogP contribution in [0.1, 0.15) is 26.8 Å². The highest BCUT2D eigenvalue weighted by Crippen LogP contribution is 2.23. The molecule has 0 spiro atoms. The third-order valence-corrected chi connectivity index (χ3v) is 2.79. The summed E-state index contributed by atoms with van der Waals surface area (Å²) in [5, 5.41) is 6.55. The lowest BCUT2D eigenvalue weighted by Gasteiger charge is -2.39. The number of hydrogen-bond donors (Lipinski definition) is 1. The Balaban J connectivity index is 1.89. The first kappa shape index (κ1) is 12.1. The molecule has 0 saturated carbocycles. The minimum absolute atomic E-state index is 0.203. The summed E-state index contributed by atoms with van der Waals surface area (Å²) < 4.78 is 7.71. The molecule has 1 aromatic heterocycles. The van der Waals surface area contributed by atoms with Crippen molar-refractivity contribution in [3.63, 3.8) is 0 Å². The summed E-state index contributed by atoms with van der Waals surface area (Å²) in [5.41, 5.74) is -0.450. The van der Waals surface area contributed by atoms with E-state index in [2.05, 4.69) is 10.2 Å². The zero-order valence-corrected chi connectivity index (χ0v) is 11.0. The van der Waals surface area contributed by atoms with Crippen LogP contribution in [0.15, 0.2) is 6.33 Å². The van der Waals surface area contributed by atoms with E-state index in [1.54, 1.807) is 11.2 Å². The fourth-order valence-electron chi connectivity index (χ4n) is 1.62. The highest BCUT2D eigenvalue weighted by Gasteiger charge is 2.34. The van der Waals surface area contributed by atoms with E-state index in [1.807, 2.05) is 25.3 Å². The Morgan fingerprint density at radius 1 is 1.59 bits per heavy atom. The number of aromatic nitrogens is 3. The van der Waals surface area contributed by atoms with Crippen molar-refractivity contribution in [1.82, 2.24) is 19.7 Å². The lowest BCUT2D eigenvalue weighted by molar-refractivity contribution is 0.000869. The van der Waals surface area contributed by atoms with Gasteiger partial charge in [0.05, 0.1) is 6.04 Å². The quantitative estimate of drug-likeness (QED) is 0.777. The van der Waals surface area contributed by atoms with E-state index in [1.165, 1.54) is 0 Å². The van der Waals surface area contributed by atoms with Crippen LogP contribution < -0.4 is 0 Å². The summed E-state index contributed by atoms with van der Waals surface area (Å²) in [4.78, 5) is 13.3. The number of aromatic amines is 1. The zero-order valence-electron chi connectivity index (χ0n) is 10.1. The summed E-state index contributed by atoms with van der Waals surface area (Å²) in [6, 6.07) is 0.203. The van der Waals surface area contributed by atoms with Crippen LogP contribution in [0.3, 0.4) is 0 Å². The molecule has 0 atom stereocenters. The monoisotopic (exact) mass is 256 g/mol. The van der Waals surface area contributed by atoms with Gasteiger partial charge in [-0.2, -0.15) is 5.10 Å². The predicted octanol–water partition coefficient (Wildman–Crippen LogP) is 1.73. The maximum absolute atomic E-state index is 11.7. The van der Waals surface area contributed by atoms with E-state index < -0.39 is 5.60 Å². The second-order valence-electron chi connectivity index (χ2n) is 5.11. The maximum Gasteiger partial charge on any atom is 0.410 e. The number of likely N-dealkylation sites (tertiary alicyclic amines) is 1. The normalized spacial score (nSPS) is 16.8. The molecular weight excluding hydrogens is 240 g/mol. The average Bonchev–Trinajstić information content (AvgIpc) is 2.46. The highest BCUT2D eigenvalue weighted by molar-refractivity contribution is 7.71. The molecule has 0 unspecified atom stereocenters. The molecule has 2 rings (SSSR count). The van der Waals surface area contributed by atoms with Gasteiger partial charge in [-0.3, -0.25) is 5.10 Å². The van der Waals surface area contributed by atoms with E-state index >= 15 is 0 Å². The molecule has 1 aromatic rings. The summed E-state index contributed by atoms with van der Waals surface area (Å²) in [7, 11) is 0. The molecule has 1 aliphatic rings. The van der Waals surface area contributed by atoms with Gasteiger partial charge in [-0.1, -0.05) is 0 Å². The number of ether oxygens (including phenoxy) is 1. The van der Waals surface area contributed by atoms with Crippen molar-refractivity contribution < 1.29 is 9.53 Å². The van der Waals surface area contributed by atoms with Gasteiger partial charge in [0.15, 0.2) is 4.77 Å². The molecular formula is C10H16N4O2S. The Labute approximate surface area is 105 Å². The number of hydrogen-bond acceptors (Lipinski definition) is 4. The lowest BCUT2D eigenvalue weighted by atomic mass is 10.1. The number of nitrogens with zero attached hydrogens (tertiary/aromatic N) is 3. The van der Waals surface area contributed by atoms with Gasteiger partial charge in [0, 0.05) is 13.1 Å². The van der Waals surface area contributed by atoms with Gasteiger partial charge in [0.2, 0.25) is 0 Å². The van der Waals surface area contributed by atoms with Gasteiger partial charge in [-0.05, 0) is 33.0 Å². The molecule has 0 aliphatic carbocycles. The van der Waals surface area contributed by atoms with Crippen LogP contribution in [0.5, 0.6) is 0 Å². The molecule has 1 amide bonds. The molecule has 0 aromatic carbocycles. The van der Waals surface area contributed by atoms with Crippen LogP contribution in [0.25, 0.3) is 0 Å². The van der Waals surface area contributed by atoms with E-state index in [-0.39, 0.29) is 12.1 Å². The third-order valence-electron chi connectivity index (χ3n) is 2.48. The molecule has 1 saturated heterocycles. The molecule has 1 aliphatic heterocycles. The van der Waals surface area contributed by atoms with Crippen molar-refractivity contribution in [2.24, 2.45) is 0 Å². The van der Waals surface area contributed by atoms with Crippen molar-refractivity contribution in [2.45, 2.75) is 32.4 Å². The van der Waals surface area contributed by atoms with Gasteiger partial charge >= 0.3 is 6.09 Å². The van der Waals surface area contributed by atoms with Crippen molar-refractivity contribution in [3.8, 4) is 0 Å². The second-order valence-corrected chi connectivity index (χ2v) is 5.49. The lowest BCUT2D eigenvalue weighted by Crippen LogP contribution is -2.52. The Morgan fingerprint density at radius 3 is 2.71 bits per heavy atom. The van der Waals surface area contributed by atoms with Crippen LogP contribution in [0, 0.1) is 4.77 Å². The topological polar surface area (TPSA) is 63.1 Å². The molecule has 94 valence electrons. The van der Waals surface area contributed by atoms with Crippen LogP contribution in [0.2, 0.25) is 0 Å². The Bertz CT molecular complexity index is 467. The fraction of sp³-hybridized carbons (Fsp3) is 0.700. The molecule has 1 fully saturated rings. The van der Waals surface area contributed by atoms with Crippen LogP contribution >= 0.6 is 12.2 Å². The molecule has 0 radical (unpaired) electrons. The van der Waals surface area contributed by atoms with Gasteiger partial charge in [-0.15, -0.1) is 0 Å². The van der Waals surface area contributed by atoms with Gasteiger partial charge in [0.25, 0.3) is 0 Å². The predicted molar refractivity (Wildman–Crippen MR) is 64.3 cm³/mol. The zero-order chi connectivity index (χ0) is 12.6. The van der Waals surface area contributed by atoms with E-state index in [0.29, 0.717) is 17.9 Å². The van der Waals surface area contributed by atoms with Crippen molar-refractivity contribution in [1.29, 1.82) is 0 Å². The van der Waals surface area contributed by atoms with Gasteiger partial charge in [-0.25, -0.2) is 4.79 Å². The number of carbonyl (C=O) groups excluding carboxylic acids is 1. The van der Waals surface area contributed by atoms with Crippen molar-refractivity contribution >= 4 is 18.3 Å². The third kappa shape index (κ3) is 2.66. The average molecular weight is 256 g/mol. The van der Waals surface area contributed by atoms with Crippen LogP contribution in [-0.4, -0.2) is 44.4 Å². The first-order chi connectivity index (χ1) is 7.87. The molecule has 6 nitrogen and oxygen atoms in total. The van der Waals surface area contributed by atoms with E-state index in [0.717, 1.165) is 0 Å². The summed E-state index contributed by atoms with van der Waals surface area (Å²) >= 11 is 5.06. The molecule has 7 heteroatoms. The highest BCUT2D eigenvalue weighted by atomic mass is 32.1. The number of carbonyl (C=O) groups is 1. The van der Waals surface area contributed by atoms with Crippen LogP contribution in [0.4, 0.5) is 4.79 Å². The fourth-order valence-corrected chi connectivity index (χ4v) is 1.87. The van der Waals surface area contributed by atoms with Gasteiger partial charge < -0.3 is 14.2 Å². The smallest absolute Gasteiger partial charge is 0.410 e. The minimum Gasteiger partial charge on any atom is -0.444 e. The largest absolute Gasteiger partial charge is 0.444 e. The Morgan fingerprint density at radius 2 is 2.24 bits per heavy atom. The molecule has 1 N–H and O–H groups in total. The maximum atomic E-state index is 11.7. The standard InChI is InChI=1S/C10H16N4O2S/c1-10(2,3)16-9(15)13-4-7(5-13)14-6-11-12-8(14)17/h6-7H,4-5H2,1-3H3,(H,12,17). The first-order valence-electron chi connectivity index (χ1n) is 5.46. The second kappa shape index (κ2) is 4.14. The summed E-state index contributed by atoms with van der Waals surface area (Å²) in [6.07, 6.45) is 1.38. The SMILES string of the molecule is CC(C)(C)OC(=O)N1CC(n2cn[nH]c2=S)C1. The molecule has 0 bridgehead atoms. The van der Waals surface area contributed by atoms with E-state index in [4.69, 9.17) is 17.0 Å². The molecule has 17 heavy (non-hydrogen) atoms. The minimum atomic E-state index is -0.450. The Hall–Kier alpha value is -1.37. The summed E-state index contributed by atoms with van der Waals surface area (Å²) in [5.74, 6) is 0. The number of rotatable bonds is 1. The van der Waals surface area contributed by atoms with E-state index in [9.17, 15) is 4.79 Å². The Kier molecular flexibility index (Phi) is 2.94. The molecule has 2 heterocycles. The number of amides is 1. The van der Waals surface area contributed by atoms with Crippen molar-refractivity contribution in [3.05, 3.63) is 11.1 Å². The first-order valence-corrected chi connectivity index (χ1v) is 5.87. The van der Waals surface area contributed by atoms with Gasteiger partial charge in [0.1, 0.15) is 11.9 Å². The number of nitrogens with one attached hydrogen (secondary N) is 1. The number of H-pyrrole nitrogens is 1. The van der Waals surface area contributed by atoms with Crippen LogP contribution in [-0.2, 0) is 4.74 Å².